The summed E-state index contributed by atoms with van der Waals surface area (Å²) in [5, 5.41) is 9.80. The van der Waals surface area contributed by atoms with E-state index in [2.05, 4.69) is 0 Å². The molecular weight excluding hydrogens is 446 g/mol. The van der Waals surface area contributed by atoms with Crippen molar-refractivity contribution in [3.8, 4) is 11.5 Å². The van der Waals surface area contributed by atoms with Gasteiger partial charge in [0.25, 0.3) is 5.91 Å². The number of halogens is 1. The van der Waals surface area contributed by atoms with Gasteiger partial charge in [0.2, 0.25) is 0 Å². The van der Waals surface area contributed by atoms with E-state index in [0.29, 0.717) is 27.0 Å². The number of carboxylic acid groups (broad SMARTS) is 1. The highest BCUT2D eigenvalue weighted by Crippen LogP contribution is 2.36. The molecule has 1 N–H and O–H groups in total. The van der Waals surface area contributed by atoms with Gasteiger partial charge >= 0.3 is 5.97 Å². The Hall–Kier alpha value is -2.55. The zero-order chi connectivity index (χ0) is 21.8. The molecule has 0 aliphatic carbocycles. The maximum Gasteiger partial charge on any atom is 0.326 e. The standard InChI is InChI=1S/C21H18ClNO5S2/c1-12(20(25)26)23-19(24)18(30-21(23)29)10-13-7-8-16(17(9-13)27-2)28-11-14-5-3-4-6-15(14)22/h3-10,12H,11H2,1-2H3,(H,25,26). The van der Waals surface area contributed by atoms with Crippen molar-refractivity contribution in [3.63, 3.8) is 0 Å². The molecule has 1 atom stereocenters. The molecule has 1 heterocycles. The molecule has 1 amide bonds. The van der Waals surface area contributed by atoms with E-state index >= 15 is 0 Å². The molecule has 1 aliphatic heterocycles. The lowest BCUT2D eigenvalue weighted by atomic mass is 10.1. The summed E-state index contributed by atoms with van der Waals surface area (Å²) < 4.78 is 11.5. The molecule has 9 heteroatoms. The fraction of sp³-hybridized carbons (Fsp3) is 0.190. The van der Waals surface area contributed by atoms with Crippen LogP contribution >= 0.6 is 35.6 Å². The third kappa shape index (κ3) is 4.77. The van der Waals surface area contributed by atoms with Crippen molar-refractivity contribution in [2.75, 3.05) is 7.11 Å². The van der Waals surface area contributed by atoms with Crippen LogP contribution in [0.5, 0.6) is 11.5 Å². The first-order valence-electron chi connectivity index (χ1n) is 8.86. The smallest absolute Gasteiger partial charge is 0.326 e. The average Bonchev–Trinajstić information content (AvgIpc) is 3.00. The van der Waals surface area contributed by atoms with Gasteiger partial charge in [-0.2, -0.15) is 0 Å². The predicted octanol–water partition coefficient (Wildman–Crippen LogP) is 4.60. The quantitative estimate of drug-likeness (QED) is 0.475. The largest absolute Gasteiger partial charge is 0.493 e. The number of hydrogen-bond acceptors (Lipinski definition) is 6. The molecule has 156 valence electrons. The number of rotatable bonds is 7. The van der Waals surface area contributed by atoms with Crippen LogP contribution in [-0.2, 0) is 16.2 Å². The first kappa shape index (κ1) is 22.1. The number of ether oxygens (including phenoxy) is 2. The van der Waals surface area contributed by atoms with Crippen molar-refractivity contribution in [3.05, 3.63) is 63.5 Å². The zero-order valence-electron chi connectivity index (χ0n) is 16.1. The minimum Gasteiger partial charge on any atom is -0.493 e. The van der Waals surface area contributed by atoms with E-state index in [0.717, 1.165) is 22.2 Å². The van der Waals surface area contributed by atoms with Gasteiger partial charge in [0.1, 0.15) is 17.0 Å². The molecule has 1 fully saturated rings. The monoisotopic (exact) mass is 463 g/mol. The van der Waals surface area contributed by atoms with Gasteiger partial charge in [-0.1, -0.05) is 59.8 Å². The molecule has 2 aromatic rings. The number of carbonyl (C=O) groups excluding carboxylic acids is 1. The van der Waals surface area contributed by atoms with Crippen LogP contribution in [0.25, 0.3) is 6.08 Å². The van der Waals surface area contributed by atoms with E-state index < -0.39 is 17.9 Å². The predicted molar refractivity (Wildman–Crippen MR) is 121 cm³/mol. The highest BCUT2D eigenvalue weighted by Gasteiger charge is 2.38. The number of nitrogens with zero attached hydrogens (tertiary/aromatic N) is 1. The number of thioether (sulfide) groups is 1. The van der Waals surface area contributed by atoms with Crippen molar-refractivity contribution >= 4 is 57.9 Å². The van der Waals surface area contributed by atoms with Crippen molar-refractivity contribution in [1.82, 2.24) is 4.90 Å². The topological polar surface area (TPSA) is 76.1 Å². The Morgan fingerprint density at radius 3 is 2.70 bits per heavy atom. The van der Waals surface area contributed by atoms with Gasteiger partial charge in [-0.3, -0.25) is 9.69 Å². The van der Waals surface area contributed by atoms with E-state index in [1.165, 1.54) is 14.0 Å². The fourth-order valence-electron chi connectivity index (χ4n) is 2.74. The Morgan fingerprint density at radius 2 is 2.03 bits per heavy atom. The summed E-state index contributed by atoms with van der Waals surface area (Å²) in [6, 6.07) is 11.6. The van der Waals surface area contributed by atoms with E-state index in [9.17, 15) is 14.7 Å². The summed E-state index contributed by atoms with van der Waals surface area (Å²) in [5.41, 5.74) is 1.54. The number of carbonyl (C=O) groups is 2. The molecule has 0 spiro atoms. The zero-order valence-corrected chi connectivity index (χ0v) is 18.5. The first-order chi connectivity index (χ1) is 14.3. The molecule has 3 rings (SSSR count). The summed E-state index contributed by atoms with van der Waals surface area (Å²) in [6.07, 6.45) is 1.65. The molecule has 6 nitrogen and oxygen atoms in total. The molecule has 30 heavy (non-hydrogen) atoms. The maximum absolute atomic E-state index is 12.6. The van der Waals surface area contributed by atoms with E-state index in [1.54, 1.807) is 30.3 Å². The summed E-state index contributed by atoms with van der Waals surface area (Å²) in [6.45, 7) is 1.70. The minimum absolute atomic E-state index is 0.216. The number of carboxylic acids is 1. The van der Waals surface area contributed by atoms with Gasteiger partial charge in [0.15, 0.2) is 11.5 Å². The number of thiocarbonyl (C=S) groups is 1. The van der Waals surface area contributed by atoms with Gasteiger partial charge in [-0.15, -0.1) is 0 Å². The summed E-state index contributed by atoms with van der Waals surface area (Å²) in [4.78, 5) is 25.3. The Balaban J connectivity index is 1.79. The Bertz CT molecular complexity index is 1040. The van der Waals surface area contributed by atoms with Gasteiger partial charge in [-0.25, -0.2) is 4.79 Å². The molecule has 1 unspecified atom stereocenters. The number of benzene rings is 2. The van der Waals surface area contributed by atoms with E-state index in [-0.39, 0.29) is 10.9 Å². The van der Waals surface area contributed by atoms with Crippen LogP contribution < -0.4 is 9.47 Å². The summed E-state index contributed by atoms with van der Waals surface area (Å²) >= 11 is 12.4. The van der Waals surface area contributed by atoms with Crippen molar-refractivity contribution < 1.29 is 24.2 Å². The Morgan fingerprint density at radius 1 is 1.30 bits per heavy atom. The fourth-order valence-corrected chi connectivity index (χ4v) is 4.35. The summed E-state index contributed by atoms with van der Waals surface area (Å²) in [5.74, 6) is -0.529. The Labute approximate surface area is 188 Å². The van der Waals surface area contributed by atoms with Gasteiger partial charge in [0.05, 0.1) is 12.0 Å². The molecule has 0 radical (unpaired) electrons. The van der Waals surface area contributed by atoms with Gasteiger partial charge in [-0.05, 0) is 36.8 Å². The second-order valence-electron chi connectivity index (χ2n) is 6.36. The van der Waals surface area contributed by atoms with Crippen LogP contribution in [0.1, 0.15) is 18.1 Å². The third-order valence-corrected chi connectivity index (χ3v) is 6.09. The lowest BCUT2D eigenvalue weighted by molar-refractivity contribution is -0.144. The van der Waals surface area contributed by atoms with Crippen LogP contribution in [-0.4, -0.2) is 39.4 Å². The molecule has 0 bridgehead atoms. The summed E-state index contributed by atoms with van der Waals surface area (Å²) in [7, 11) is 1.52. The van der Waals surface area contributed by atoms with Gasteiger partial charge < -0.3 is 14.6 Å². The van der Waals surface area contributed by atoms with Crippen LogP contribution in [0, 0.1) is 0 Å². The first-order valence-corrected chi connectivity index (χ1v) is 10.5. The lowest BCUT2D eigenvalue weighted by Crippen LogP contribution is -2.41. The molecule has 0 saturated carbocycles. The average molecular weight is 464 g/mol. The SMILES string of the molecule is COc1cc(C=C2SC(=S)N(C(C)C(=O)O)C2=O)ccc1OCc1ccccc1Cl. The molecule has 2 aromatic carbocycles. The van der Waals surface area contributed by atoms with Crippen molar-refractivity contribution in [1.29, 1.82) is 0 Å². The number of methoxy groups -OCH3 is 1. The molecule has 1 aliphatic rings. The molecule has 0 aromatic heterocycles. The van der Waals surface area contributed by atoms with Crippen molar-refractivity contribution in [2.45, 2.75) is 19.6 Å². The minimum atomic E-state index is -1.12. The van der Waals surface area contributed by atoms with E-state index in [4.69, 9.17) is 33.3 Å². The van der Waals surface area contributed by atoms with Crippen LogP contribution in [0.15, 0.2) is 47.4 Å². The molecule has 1 saturated heterocycles. The normalized spacial score (nSPS) is 16.1. The second kappa shape index (κ2) is 9.51. The lowest BCUT2D eigenvalue weighted by Gasteiger charge is -2.18. The highest BCUT2D eigenvalue weighted by atomic mass is 35.5. The second-order valence-corrected chi connectivity index (χ2v) is 8.44. The van der Waals surface area contributed by atoms with Crippen molar-refractivity contribution in [2.24, 2.45) is 0 Å². The van der Waals surface area contributed by atoms with Crippen LogP contribution in [0.4, 0.5) is 0 Å². The Kier molecular flexibility index (Phi) is 7.02. The molecular formula is C21H18ClNO5S2. The number of amides is 1. The number of hydrogen-bond donors (Lipinski definition) is 1. The number of aliphatic carboxylic acids is 1. The third-order valence-electron chi connectivity index (χ3n) is 4.39. The highest BCUT2D eigenvalue weighted by molar-refractivity contribution is 8.26. The van der Waals surface area contributed by atoms with Gasteiger partial charge in [0, 0.05) is 10.6 Å². The van der Waals surface area contributed by atoms with E-state index in [1.807, 2.05) is 18.2 Å². The maximum atomic E-state index is 12.6. The van der Waals surface area contributed by atoms with Crippen LogP contribution in [0.2, 0.25) is 5.02 Å². The van der Waals surface area contributed by atoms with Crippen LogP contribution in [0.3, 0.4) is 0 Å².